The molecule has 0 spiro atoms. The van der Waals surface area contributed by atoms with Crippen LogP contribution in [-0.2, 0) is 16.5 Å². The average molecular weight is 323 g/mol. The summed E-state index contributed by atoms with van der Waals surface area (Å²) in [5.74, 6) is 0.236. The number of carbonyl (C=O) groups excluding carboxylic acids is 1. The fraction of sp³-hybridized carbons (Fsp3) is 0.250. The maximum absolute atomic E-state index is 12.5. The lowest BCUT2D eigenvalue weighted by Crippen LogP contribution is -2.41. The number of nitrogens with one attached hydrogen (secondary N) is 2. The fourth-order valence-corrected chi connectivity index (χ4v) is 1.97. The number of imidazole rings is 1. The number of halogens is 3. The number of amides is 1. The summed E-state index contributed by atoms with van der Waals surface area (Å²) in [6.45, 7) is 3.57. The van der Waals surface area contributed by atoms with Crippen molar-refractivity contribution in [3.8, 4) is 0 Å². The van der Waals surface area contributed by atoms with Crippen LogP contribution in [0.3, 0.4) is 0 Å². The molecule has 1 heterocycles. The molecule has 1 aromatic heterocycles. The van der Waals surface area contributed by atoms with Gasteiger partial charge in [0.05, 0.1) is 11.1 Å². The predicted molar refractivity (Wildman–Crippen MR) is 80.2 cm³/mol. The molecule has 1 amide bonds. The summed E-state index contributed by atoms with van der Waals surface area (Å²) in [7, 11) is 0. The Hall–Kier alpha value is -2.57. The van der Waals surface area contributed by atoms with Gasteiger partial charge in [-0.3, -0.25) is 4.79 Å². The van der Waals surface area contributed by atoms with Crippen LogP contribution in [-0.4, -0.2) is 15.9 Å². The van der Waals surface area contributed by atoms with Crippen molar-refractivity contribution in [2.24, 2.45) is 0 Å². The lowest BCUT2D eigenvalue weighted by atomic mass is 10.0. The first-order valence-corrected chi connectivity index (χ1v) is 6.86. The molecule has 0 bridgehead atoms. The molecular weight excluding hydrogens is 307 g/mol. The van der Waals surface area contributed by atoms with Crippen LogP contribution < -0.4 is 5.32 Å². The van der Waals surface area contributed by atoms with Gasteiger partial charge in [-0.25, -0.2) is 4.98 Å². The third kappa shape index (κ3) is 4.45. The number of hydrogen-bond acceptors (Lipinski definition) is 2. The summed E-state index contributed by atoms with van der Waals surface area (Å²) in [6, 6.07) is 4.57. The van der Waals surface area contributed by atoms with Crippen molar-refractivity contribution < 1.29 is 18.0 Å². The van der Waals surface area contributed by atoms with E-state index in [4.69, 9.17) is 0 Å². The average Bonchev–Trinajstić information content (AvgIpc) is 2.99. The number of rotatable bonds is 4. The number of carbonyl (C=O) groups is 1. The van der Waals surface area contributed by atoms with Crippen molar-refractivity contribution in [2.75, 3.05) is 0 Å². The number of aromatic amines is 1. The molecule has 0 saturated carbocycles. The molecule has 23 heavy (non-hydrogen) atoms. The number of aromatic nitrogens is 2. The smallest absolute Gasteiger partial charge is 0.347 e. The lowest BCUT2D eigenvalue weighted by molar-refractivity contribution is -0.137. The van der Waals surface area contributed by atoms with Gasteiger partial charge in [0.1, 0.15) is 5.82 Å². The quantitative estimate of drug-likeness (QED) is 0.846. The normalized spacial score (nSPS) is 12.6. The van der Waals surface area contributed by atoms with Gasteiger partial charge in [0.25, 0.3) is 0 Å². The van der Waals surface area contributed by atoms with E-state index in [1.54, 1.807) is 26.2 Å². The van der Waals surface area contributed by atoms with Crippen molar-refractivity contribution >= 4 is 12.0 Å². The molecule has 0 atom stereocenters. The first-order chi connectivity index (χ1) is 10.7. The predicted octanol–water partition coefficient (Wildman–Crippen LogP) is 3.49. The summed E-state index contributed by atoms with van der Waals surface area (Å²) < 4.78 is 37.4. The van der Waals surface area contributed by atoms with Gasteiger partial charge >= 0.3 is 6.18 Å². The number of nitrogens with zero attached hydrogens (tertiary/aromatic N) is 1. The van der Waals surface area contributed by atoms with Gasteiger partial charge in [0.2, 0.25) is 5.91 Å². The Balaban J connectivity index is 2.01. The molecule has 4 nitrogen and oxygen atoms in total. The highest BCUT2D eigenvalue weighted by atomic mass is 19.4. The number of H-pyrrole nitrogens is 1. The van der Waals surface area contributed by atoms with E-state index in [9.17, 15) is 18.0 Å². The van der Waals surface area contributed by atoms with Crippen LogP contribution >= 0.6 is 0 Å². The molecule has 2 aromatic rings. The van der Waals surface area contributed by atoms with Crippen molar-refractivity contribution in [1.29, 1.82) is 0 Å². The van der Waals surface area contributed by atoms with E-state index in [-0.39, 0.29) is 5.91 Å². The Labute approximate surface area is 131 Å². The summed E-state index contributed by atoms with van der Waals surface area (Å²) in [6.07, 6.45) is 1.59. The molecule has 0 saturated heterocycles. The minimum Gasteiger partial charge on any atom is -0.347 e. The van der Waals surface area contributed by atoms with Crippen LogP contribution in [0.15, 0.2) is 42.7 Å². The second-order valence-electron chi connectivity index (χ2n) is 5.51. The maximum Gasteiger partial charge on any atom is 0.416 e. The first kappa shape index (κ1) is 16.8. The van der Waals surface area contributed by atoms with Gasteiger partial charge in [0.15, 0.2) is 0 Å². The largest absolute Gasteiger partial charge is 0.416 e. The third-order valence-electron chi connectivity index (χ3n) is 3.19. The monoisotopic (exact) mass is 323 g/mol. The van der Waals surface area contributed by atoms with Gasteiger partial charge in [-0.15, -0.1) is 0 Å². The van der Waals surface area contributed by atoms with Crippen LogP contribution in [0.25, 0.3) is 6.08 Å². The standard InChI is InChI=1S/C16H16F3N3O/c1-15(2,14-20-9-10-21-14)22-13(23)8-5-11-3-6-12(7-4-11)16(17,18)19/h3-10H,1-2H3,(H,20,21)(H,22,23)/b8-5+. The summed E-state index contributed by atoms with van der Waals surface area (Å²) in [4.78, 5) is 18.9. The fourth-order valence-electron chi connectivity index (χ4n) is 1.97. The summed E-state index contributed by atoms with van der Waals surface area (Å²) in [5, 5.41) is 2.77. The second-order valence-corrected chi connectivity index (χ2v) is 5.51. The molecule has 1 aromatic carbocycles. The zero-order valence-electron chi connectivity index (χ0n) is 12.6. The highest BCUT2D eigenvalue weighted by Crippen LogP contribution is 2.29. The van der Waals surface area contributed by atoms with Crippen molar-refractivity contribution in [3.63, 3.8) is 0 Å². The van der Waals surface area contributed by atoms with E-state index >= 15 is 0 Å². The van der Waals surface area contributed by atoms with Crippen molar-refractivity contribution in [2.45, 2.75) is 25.6 Å². The zero-order chi connectivity index (χ0) is 17.1. The minimum absolute atomic E-state index is 0.369. The zero-order valence-corrected chi connectivity index (χ0v) is 12.6. The highest BCUT2D eigenvalue weighted by Gasteiger charge is 2.29. The summed E-state index contributed by atoms with van der Waals surface area (Å²) in [5.41, 5.74) is -0.910. The Morgan fingerprint density at radius 1 is 1.22 bits per heavy atom. The molecule has 2 N–H and O–H groups in total. The van der Waals surface area contributed by atoms with Gasteiger partial charge in [-0.05, 0) is 37.6 Å². The van der Waals surface area contributed by atoms with E-state index in [1.807, 2.05) is 0 Å². The second kappa shape index (κ2) is 6.28. The number of hydrogen-bond donors (Lipinski definition) is 2. The van der Waals surface area contributed by atoms with Crippen LogP contribution in [0.5, 0.6) is 0 Å². The Kier molecular flexibility index (Phi) is 4.58. The van der Waals surface area contributed by atoms with E-state index in [0.717, 1.165) is 12.1 Å². The van der Waals surface area contributed by atoms with Gasteiger partial charge in [-0.1, -0.05) is 12.1 Å². The third-order valence-corrected chi connectivity index (χ3v) is 3.19. The number of alkyl halides is 3. The van der Waals surface area contributed by atoms with Crippen molar-refractivity contribution in [3.05, 3.63) is 59.7 Å². The first-order valence-electron chi connectivity index (χ1n) is 6.86. The summed E-state index contributed by atoms with van der Waals surface area (Å²) >= 11 is 0. The molecule has 2 rings (SSSR count). The molecule has 0 fully saturated rings. The Bertz CT molecular complexity index is 686. The van der Waals surface area contributed by atoms with Crippen LogP contribution in [0.2, 0.25) is 0 Å². The van der Waals surface area contributed by atoms with E-state index in [0.29, 0.717) is 11.4 Å². The maximum atomic E-state index is 12.5. The lowest BCUT2D eigenvalue weighted by Gasteiger charge is -2.23. The van der Waals surface area contributed by atoms with Gasteiger partial charge in [-0.2, -0.15) is 13.2 Å². The molecule has 0 aliphatic rings. The van der Waals surface area contributed by atoms with E-state index in [2.05, 4.69) is 15.3 Å². The molecule has 7 heteroatoms. The molecule has 122 valence electrons. The van der Waals surface area contributed by atoms with Crippen LogP contribution in [0.1, 0.15) is 30.8 Å². The molecular formula is C16H16F3N3O. The highest BCUT2D eigenvalue weighted by molar-refractivity contribution is 5.92. The van der Waals surface area contributed by atoms with Gasteiger partial charge < -0.3 is 10.3 Å². The van der Waals surface area contributed by atoms with Crippen LogP contribution in [0, 0.1) is 0 Å². The van der Waals surface area contributed by atoms with E-state index < -0.39 is 17.3 Å². The van der Waals surface area contributed by atoms with Crippen molar-refractivity contribution in [1.82, 2.24) is 15.3 Å². The number of benzene rings is 1. The van der Waals surface area contributed by atoms with Gasteiger partial charge in [0, 0.05) is 18.5 Å². The molecule has 0 aliphatic carbocycles. The molecule has 0 unspecified atom stereocenters. The molecule has 0 radical (unpaired) electrons. The molecule has 0 aliphatic heterocycles. The minimum atomic E-state index is -4.37. The topological polar surface area (TPSA) is 57.8 Å². The SMILES string of the molecule is CC(C)(NC(=O)/C=C/c1ccc(C(F)(F)F)cc1)c1ncc[nH]1. The van der Waals surface area contributed by atoms with Crippen LogP contribution in [0.4, 0.5) is 13.2 Å². The Morgan fingerprint density at radius 3 is 2.39 bits per heavy atom. The Morgan fingerprint density at radius 2 is 1.87 bits per heavy atom. The van der Waals surface area contributed by atoms with E-state index in [1.165, 1.54) is 24.3 Å².